The third-order valence-electron chi connectivity index (χ3n) is 5.26. The average Bonchev–Trinajstić information content (AvgIpc) is 3.15. The van der Waals surface area contributed by atoms with Gasteiger partial charge in [-0.2, -0.15) is 0 Å². The highest BCUT2D eigenvalue weighted by Gasteiger charge is 2.30. The largest absolute Gasteiger partial charge is 0.454 e. The standard InChI is InChI=1S/C22H26ClNO5/c1-3-18(26)19-12-17(22(27)24-15-7-9-16(25)10-8-15)21(29-19)20(28-2)13-5-4-6-14(23)11-13/h4-6,11-12,15-16,20,25H,3,7-10H2,1-2H3,(H,24,27)/t15?,16?,20-/m0/s1. The minimum atomic E-state index is -0.680. The molecule has 0 radical (unpaired) electrons. The topological polar surface area (TPSA) is 88.8 Å². The Balaban J connectivity index is 1.93. The Morgan fingerprint density at radius 3 is 2.62 bits per heavy atom. The van der Waals surface area contributed by atoms with Crippen molar-refractivity contribution in [1.82, 2.24) is 5.32 Å². The van der Waals surface area contributed by atoms with Crippen molar-refractivity contribution < 1.29 is 23.8 Å². The number of hydrogen-bond acceptors (Lipinski definition) is 5. The van der Waals surface area contributed by atoms with E-state index >= 15 is 0 Å². The third-order valence-corrected chi connectivity index (χ3v) is 5.49. The molecule has 1 aliphatic carbocycles. The number of ether oxygens (including phenoxy) is 1. The number of carbonyl (C=O) groups is 2. The predicted octanol–water partition coefficient (Wildman–Crippen LogP) is 4.29. The number of ketones is 1. The van der Waals surface area contributed by atoms with E-state index in [2.05, 4.69) is 5.32 Å². The van der Waals surface area contributed by atoms with Gasteiger partial charge in [0.2, 0.25) is 0 Å². The summed E-state index contributed by atoms with van der Waals surface area (Å²) < 4.78 is 11.4. The number of rotatable bonds is 7. The van der Waals surface area contributed by atoms with Crippen molar-refractivity contribution in [3.05, 3.63) is 58.0 Å². The van der Waals surface area contributed by atoms with Crippen LogP contribution >= 0.6 is 11.6 Å². The zero-order chi connectivity index (χ0) is 21.0. The highest BCUT2D eigenvalue weighted by atomic mass is 35.5. The molecule has 29 heavy (non-hydrogen) atoms. The summed E-state index contributed by atoms with van der Waals surface area (Å²) in [7, 11) is 1.51. The molecule has 2 aromatic rings. The van der Waals surface area contributed by atoms with Crippen LogP contribution in [-0.2, 0) is 4.74 Å². The molecule has 0 bridgehead atoms. The highest BCUT2D eigenvalue weighted by Crippen LogP contribution is 2.32. The lowest BCUT2D eigenvalue weighted by Gasteiger charge is -2.26. The van der Waals surface area contributed by atoms with Crippen LogP contribution in [0.2, 0.25) is 5.02 Å². The Morgan fingerprint density at radius 1 is 1.28 bits per heavy atom. The zero-order valence-corrected chi connectivity index (χ0v) is 17.4. The number of benzene rings is 1. The van der Waals surface area contributed by atoms with Crippen molar-refractivity contribution >= 4 is 23.3 Å². The first kappa shape index (κ1) is 21.6. The fraction of sp³-hybridized carbons (Fsp3) is 0.455. The molecule has 7 heteroatoms. The molecule has 2 N–H and O–H groups in total. The van der Waals surface area contributed by atoms with Gasteiger partial charge >= 0.3 is 0 Å². The number of hydrogen-bond donors (Lipinski definition) is 2. The smallest absolute Gasteiger partial charge is 0.255 e. The molecule has 0 unspecified atom stereocenters. The van der Waals surface area contributed by atoms with Gasteiger partial charge in [-0.25, -0.2) is 0 Å². The van der Waals surface area contributed by atoms with Crippen LogP contribution in [-0.4, -0.2) is 36.1 Å². The first-order chi connectivity index (χ1) is 13.9. The van der Waals surface area contributed by atoms with E-state index < -0.39 is 6.10 Å². The van der Waals surface area contributed by atoms with E-state index in [0.717, 1.165) is 5.56 Å². The molecular weight excluding hydrogens is 394 g/mol. The normalized spacial score (nSPS) is 20.3. The molecule has 1 fully saturated rings. The van der Waals surface area contributed by atoms with Gasteiger partial charge in [0.25, 0.3) is 5.91 Å². The Hall–Kier alpha value is -2.15. The first-order valence-corrected chi connectivity index (χ1v) is 10.2. The first-order valence-electron chi connectivity index (χ1n) is 9.87. The molecule has 1 aliphatic rings. The second kappa shape index (κ2) is 9.57. The number of Topliss-reactive ketones (excluding diaryl/α,β-unsaturated/α-hetero) is 1. The van der Waals surface area contributed by atoms with Crippen molar-refractivity contribution in [3.63, 3.8) is 0 Å². The van der Waals surface area contributed by atoms with Gasteiger partial charge in [-0.1, -0.05) is 30.7 Å². The molecule has 3 rings (SSSR count). The van der Waals surface area contributed by atoms with Gasteiger partial charge in [-0.3, -0.25) is 9.59 Å². The van der Waals surface area contributed by atoms with E-state index in [1.807, 2.05) is 6.07 Å². The summed E-state index contributed by atoms with van der Waals surface area (Å²) in [5.74, 6) is -0.0906. The van der Waals surface area contributed by atoms with Crippen LogP contribution in [0.4, 0.5) is 0 Å². The van der Waals surface area contributed by atoms with Crippen LogP contribution in [0.5, 0.6) is 0 Å². The molecule has 0 aliphatic heterocycles. The highest BCUT2D eigenvalue weighted by molar-refractivity contribution is 6.30. The van der Waals surface area contributed by atoms with Crippen LogP contribution in [0.3, 0.4) is 0 Å². The average molecular weight is 420 g/mol. The van der Waals surface area contributed by atoms with Gasteiger partial charge in [-0.05, 0) is 43.4 Å². The molecule has 1 aromatic heterocycles. The molecule has 1 aromatic carbocycles. The number of carbonyl (C=O) groups excluding carboxylic acids is 2. The Morgan fingerprint density at radius 2 is 2.00 bits per heavy atom. The summed E-state index contributed by atoms with van der Waals surface area (Å²) in [6, 6.07) is 8.57. The van der Waals surface area contributed by atoms with Gasteiger partial charge in [0.05, 0.1) is 11.7 Å². The second-order valence-electron chi connectivity index (χ2n) is 7.31. The number of amides is 1. The predicted molar refractivity (Wildman–Crippen MR) is 109 cm³/mol. The quantitative estimate of drug-likeness (QED) is 0.653. The monoisotopic (exact) mass is 419 g/mol. The summed E-state index contributed by atoms with van der Waals surface area (Å²) >= 11 is 6.11. The second-order valence-corrected chi connectivity index (χ2v) is 7.75. The molecular formula is C22H26ClNO5. The molecule has 0 spiro atoms. The molecule has 1 amide bonds. The van der Waals surface area contributed by atoms with Crippen molar-refractivity contribution in [3.8, 4) is 0 Å². The number of halogens is 1. The molecule has 1 heterocycles. The van der Waals surface area contributed by atoms with Crippen molar-refractivity contribution in [2.45, 2.75) is 57.3 Å². The zero-order valence-electron chi connectivity index (χ0n) is 16.6. The number of aliphatic hydroxyl groups is 1. The van der Waals surface area contributed by atoms with Crippen LogP contribution in [0, 0.1) is 0 Å². The van der Waals surface area contributed by atoms with Crippen LogP contribution in [0.25, 0.3) is 0 Å². The minimum absolute atomic E-state index is 0.0221. The Labute approximate surface area is 175 Å². The molecule has 0 saturated heterocycles. The number of furan rings is 1. The molecule has 1 atom stereocenters. The SMILES string of the molecule is CCC(=O)c1cc(C(=O)NC2CCC(O)CC2)c([C@@H](OC)c2cccc(Cl)c2)o1. The summed E-state index contributed by atoms with van der Waals surface area (Å²) in [5.41, 5.74) is 0.999. The van der Waals surface area contributed by atoms with Crippen LogP contribution in [0.1, 0.15) is 77.4 Å². The summed E-state index contributed by atoms with van der Waals surface area (Å²) in [4.78, 5) is 25.2. The lowest BCUT2D eigenvalue weighted by Crippen LogP contribution is -2.38. The number of methoxy groups -OCH3 is 1. The van der Waals surface area contributed by atoms with Gasteiger partial charge in [0, 0.05) is 30.7 Å². The summed E-state index contributed by atoms with van der Waals surface area (Å²) in [6.45, 7) is 1.74. The summed E-state index contributed by atoms with van der Waals surface area (Å²) in [5, 5.41) is 13.2. The lowest BCUT2D eigenvalue weighted by atomic mass is 9.93. The Kier molecular flexibility index (Phi) is 7.11. The Bertz CT molecular complexity index is 870. The fourth-order valence-corrected chi connectivity index (χ4v) is 3.84. The van der Waals surface area contributed by atoms with E-state index in [0.29, 0.717) is 30.7 Å². The molecule has 1 saturated carbocycles. The summed E-state index contributed by atoms with van der Waals surface area (Å²) in [6.07, 6.45) is 2.02. The van der Waals surface area contributed by atoms with Gasteiger partial charge in [0.15, 0.2) is 17.3 Å². The van der Waals surface area contributed by atoms with Crippen LogP contribution < -0.4 is 5.32 Å². The van der Waals surface area contributed by atoms with Crippen LogP contribution in [0.15, 0.2) is 34.7 Å². The van der Waals surface area contributed by atoms with E-state index in [4.69, 9.17) is 20.8 Å². The van der Waals surface area contributed by atoms with E-state index in [9.17, 15) is 14.7 Å². The van der Waals surface area contributed by atoms with Crippen molar-refractivity contribution in [2.24, 2.45) is 0 Å². The molecule has 156 valence electrons. The van der Waals surface area contributed by atoms with Crippen molar-refractivity contribution in [2.75, 3.05) is 7.11 Å². The van der Waals surface area contributed by atoms with Crippen molar-refractivity contribution in [1.29, 1.82) is 0 Å². The van der Waals surface area contributed by atoms with Gasteiger partial charge in [-0.15, -0.1) is 0 Å². The van der Waals surface area contributed by atoms with Gasteiger partial charge in [0.1, 0.15) is 6.10 Å². The van der Waals surface area contributed by atoms with Gasteiger partial charge < -0.3 is 19.6 Å². The fourth-order valence-electron chi connectivity index (χ4n) is 3.64. The van der Waals surface area contributed by atoms with E-state index in [1.54, 1.807) is 25.1 Å². The number of aliphatic hydroxyl groups excluding tert-OH is 1. The minimum Gasteiger partial charge on any atom is -0.454 e. The maximum Gasteiger partial charge on any atom is 0.255 e. The number of nitrogens with one attached hydrogen (secondary N) is 1. The van der Waals surface area contributed by atoms with E-state index in [-0.39, 0.29) is 47.3 Å². The maximum atomic E-state index is 13.0. The third kappa shape index (κ3) is 5.07. The van der Waals surface area contributed by atoms with E-state index in [1.165, 1.54) is 13.2 Å². The maximum absolute atomic E-state index is 13.0. The lowest BCUT2D eigenvalue weighted by molar-refractivity contribution is 0.0842. The molecule has 6 nitrogen and oxygen atoms in total.